The van der Waals surface area contributed by atoms with Gasteiger partial charge in [-0.25, -0.2) is 4.98 Å². The topological polar surface area (TPSA) is 54.0 Å². The number of hydrogen-bond acceptors (Lipinski definition) is 3. The number of amides is 1. The number of nitrogens with zero attached hydrogens (tertiary/aromatic N) is 1. The lowest BCUT2D eigenvalue weighted by atomic mass is 10.1. The molecule has 5 heteroatoms. The third-order valence-electron chi connectivity index (χ3n) is 3.69. The van der Waals surface area contributed by atoms with Crippen LogP contribution in [-0.2, 0) is 0 Å². The second-order valence-corrected chi connectivity index (χ2v) is 6.19. The summed E-state index contributed by atoms with van der Waals surface area (Å²) < 4.78 is 0. The maximum absolute atomic E-state index is 12.3. The van der Waals surface area contributed by atoms with Gasteiger partial charge < -0.3 is 10.6 Å². The van der Waals surface area contributed by atoms with E-state index in [4.69, 9.17) is 11.6 Å². The first-order chi connectivity index (χ1) is 10.9. The van der Waals surface area contributed by atoms with Crippen LogP contribution >= 0.6 is 11.6 Å². The van der Waals surface area contributed by atoms with Crippen LogP contribution in [0.3, 0.4) is 0 Å². The van der Waals surface area contributed by atoms with E-state index >= 15 is 0 Å². The lowest BCUT2D eigenvalue weighted by Gasteiger charge is -2.13. The maximum Gasteiger partial charge on any atom is 0.274 e. The van der Waals surface area contributed by atoms with Gasteiger partial charge in [0.2, 0.25) is 0 Å². The van der Waals surface area contributed by atoms with Crippen LogP contribution in [0.1, 0.15) is 41.9 Å². The van der Waals surface area contributed by atoms with Crippen molar-refractivity contribution in [1.82, 2.24) is 4.98 Å². The molecule has 23 heavy (non-hydrogen) atoms. The fourth-order valence-electron chi connectivity index (χ4n) is 2.25. The van der Waals surface area contributed by atoms with Gasteiger partial charge in [0.25, 0.3) is 5.91 Å². The molecule has 1 amide bonds. The van der Waals surface area contributed by atoms with Crippen LogP contribution in [0.25, 0.3) is 0 Å². The summed E-state index contributed by atoms with van der Waals surface area (Å²) in [5.41, 5.74) is 3.88. The molecular weight excluding hydrogens is 310 g/mol. The Bertz CT molecular complexity index is 675. The SMILES string of the molecule is CCC(C)Nc1ccc(C(=O)Nc2c(C)cc(C)cc2Cl)nc1. The maximum atomic E-state index is 12.3. The number of aromatic nitrogens is 1. The summed E-state index contributed by atoms with van der Waals surface area (Å²) in [7, 11) is 0. The highest BCUT2D eigenvalue weighted by molar-refractivity contribution is 6.34. The number of hydrogen-bond donors (Lipinski definition) is 2. The predicted molar refractivity (Wildman–Crippen MR) is 96.5 cm³/mol. The van der Waals surface area contributed by atoms with E-state index < -0.39 is 0 Å². The van der Waals surface area contributed by atoms with Gasteiger partial charge in [0.1, 0.15) is 5.69 Å². The number of carbonyl (C=O) groups excluding carboxylic acids is 1. The summed E-state index contributed by atoms with van der Waals surface area (Å²) in [6.07, 6.45) is 2.69. The lowest BCUT2D eigenvalue weighted by molar-refractivity contribution is 0.102. The first-order valence-electron chi connectivity index (χ1n) is 7.71. The molecule has 2 rings (SSSR count). The molecule has 0 saturated heterocycles. The molecule has 2 aromatic rings. The van der Waals surface area contributed by atoms with Crippen molar-refractivity contribution in [3.63, 3.8) is 0 Å². The molecule has 0 aliphatic carbocycles. The molecule has 1 atom stereocenters. The van der Waals surface area contributed by atoms with E-state index in [1.807, 2.05) is 32.0 Å². The Morgan fingerprint density at radius 1 is 1.30 bits per heavy atom. The van der Waals surface area contributed by atoms with Crippen LogP contribution in [0.4, 0.5) is 11.4 Å². The number of halogens is 1. The number of carbonyl (C=O) groups is 1. The van der Waals surface area contributed by atoms with Crippen LogP contribution < -0.4 is 10.6 Å². The molecule has 1 unspecified atom stereocenters. The number of benzene rings is 1. The first kappa shape index (κ1) is 17.3. The van der Waals surface area contributed by atoms with Gasteiger partial charge in [-0.2, -0.15) is 0 Å². The highest BCUT2D eigenvalue weighted by atomic mass is 35.5. The molecule has 0 fully saturated rings. The number of rotatable bonds is 5. The van der Waals surface area contributed by atoms with Gasteiger partial charge in [0.15, 0.2) is 0 Å². The van der Waals surface area contributed by atoms with Crippen molar-refractivity contribution in [3.05, 3.63) is 52.3 Å². The second kappa shape index (κ2) is 7.47. The second-order valence-electron chi connectivity index (χ2n) is 5.78. The Labute approximate surface area is 142 Å². The highest BCUT2D eigenvalue weighted by Gasteiger charge is 2.12. The molecule has 0 saturated carbocycles. The van der Waals surface area contributed by atoms with E-state index in [0.29, 0.717) is 22.4 Å². The minimum Gasteiger partial charge on any atom is -0.381 e. The van der Waals surface area contributed by atoms with E-state index in [9.17, 15) is 4.79 Å². The van der Waals surface area contributed by atoms with Gasteiger partial charge in [-0.05, 0) is 56.5 Å². The molecule has 0 aliphatic heterocycles. The number of anilines is 2. The van der Waals surface area contributed by atoms with Crippen LogP contribution in [0.2, 0.25) is 5.02 Å². The summed E-state index contributed by atoms with van der Waals surface area (Å²) in [5, 5.41) is 6.69. The minimum absolute atomic E-state index is 0.269. The van der Waals surface area contributed by atoms with E-state index in [2.05, 4.69) is 29.5 Å². The molecule has 2 N–H and O–H groups in total. The lowest BCUT2D eigenvalue weighted by Crippen LogP contribution is -2.16. The van der Waals surface area contributed by atoms with Crippen molar-refractivity contribution >= 4 is 28.9 Å². The van der Waals surface area contributed by atoms with Gasteiger partial charge in [0, 0.05) is 6.04 Å². The summed E-state index contributed by atoms with van der Waals surface area (Å²) >= 11 is 6.22. The summed E-state index contributed by atoms with van der Waals surface area (Å²) in [5.74, 6) is -0.269. The fraction of sp³-hybridized carbons (Fsp3) is 0.333. The molecule has 1 aromatic carbocycles. The van der Waals surface area contributed by atoms with E-state index in [-0.39, 0.29) is 5.91 Å². The zero-order chi connectivity index (χ0) is 17.0. The molecule has 1 heterocycles. The van der Waals surface area contributed by atoms with Crippen LogP contribution in [0, 0.1) is 13.8 Å². The van der Waals surface area contributed by atoms with Crippen molar-refractivity contribution in [2.45, 2.75) is 40.2 Å². The Balaban J connectivity index is 2.12. The molecule has 0 radical (unpaired) electrons. The number of pyridine rings is 1. The fourth-order valence-corrected chi connectivity index (χ4v) is 2.62. The monoisotopic (exact) mass is 331 g/mol. The minimum atomic E-state index is -0.269. The summed E-state index contributed by atoms with van der Waals surface area (Å²) in [6.45, 7) is 8.10. The summed E-state index contributed by atoms with van der Waals surface area (Å²) in [4.78, 5) is 16.6. The largest absolute Gasteiger partial charge is 0.381 e. The van der Waals surface area contributed by atoms with Gasteiger partial charge >= 0.3 is 0 Å². The van der Waals surface area contributed by atoms with E-state index in [0.717, 1.165) is 23.2 Å². The van der Waals surface area contributed by atoms with Gasteiger partial charge in [-0.1, -0.05) is 24.6 Å². The number of aryl methyl sites for hydroxylation is 2. The Hall–Kier alpha value is -2.07. The van der Waals surface area contributed by atoms with Gasteiger partial charge in [0.05, 0.1) is 22.6 Å². The van der Waals surface area contributed by atoms with Crippen molar-refractivity contribution in [2.75, 3.05) is 10.6 Å². The average Bonchev–Trinajstić information content (AvgIpc) is 2.51. The molecule has 122 valence electrons. The Morgan fingerprint density at radius 3 is 2.61 bits per heavy atom. The van der Waals surface area contributed by atoms with Crippen molar-refractivity contribution in [2.24, 2.45) is 0 Å². The zero-order valence-corrected chi connectivity index (χ0v) is 14.7. The number of nitrogens with one attached hydrogen (secondary N) is 2. The van der Waals surface area contributed by atoms with Crippen LogP contribution in [-0.4, -0.2) is 16.9 Å². The average molecular weight is 332 g/mol. The third-order valence-corrected chi connectivity index (χ3v) is 3.99. The highest BCUT2D eigenvalue weighted by Crippen LogP contribution is 2.27. The Kier molecular flexibility index (Phi) is 5.61. The third kappa shape index (κ3) is 4.45. The Morgan fingerprint density at radius 2 is 2.04 bits per heavy atom. The van der Waals surface area contributed by atoms with Gasteiger partial charge in [-0.15, -0.1) is 0 Å². The quantitative estimate of drug-likeness (QED) is 0.826. The van der Waals surface area contributed by atoms with Gasteiger partial charge in [-0.3, -0.25) is 4.79 Å². The van der Waals surface area contributed by atoms with Crippen molar-refractivity contribution < 1.29 is 4.79 Å². The normalized spacial score (nSPS) is 11.9. The summed E-state index contributed by atoms with van der Waals surface area (Å²) in [6, 6.07) is 7.74. The zero-order valence-electron chi connectivity index (χ0n) is 13.9. The molecule has 1 aromatic heterocycles. The first-order valence-corrected chi connectivity index (χ1v) is 8.09. The van der Waals surface area contributed by atoms with Crippen LogP contribution in [0.15, 0.2) is 30.5 Å². The van der Waals surface area contributed by atoms with E-state index in [1.54, 1.807) is 12.3 Å². The molecule has 0 aliphatic rings. The molecule has 0 bridgehead atoms. The van der Waals surface area contributed by atoms with Crippen molar-refractivity contribution in [1.29, 1.82) is 0 Å². The standard InChI is InChI=1S/C18H22ClN3O/c1-5-13(4)21-14-6-7-16(20-10-14)18(23)22-17-12(3)8-11(2)9-15(17)19/h6-10,13,21H,5H2,1-4H3,(H,22,23). The van der Waals surface area contributed by atoms with E-state index in [1.165, 1.54) is 0 Å². The molecular formula is C18H22ClN3O. The predicted octanol–water partition coefficient (Wildman–Crippen LogP) is 4.81. The molecule has 4 nitrogen and oxygen atoms in total. The molecule has 0 spiro atoms. The smallest absolute Gasteiger partial charge is 0.274 e. The van der Waals surface area contributed by atoms with Crippen molar-refractivity contribution in [3.8, 4) is 0 Å². The van der Waals surface area contributed by atoms with Crippen LogP contribution in [0.5, 0.6) is 0 Å².